The van der Waals surface area contributed by atoms with Crippen molar-refractivity contribution in [1.82, 2.24) is 10.6 Å². The Bertz CT molecular complexity index is 484. The number of nitrogens with one attached hydrogen (secondary N) is 2. The van der Waals surface area contributed by atoms with E-state index >= 15 is 0 Å². The first kappa shape index (κ1) is 18.7. The average Bonchev–Trinajstić information content (AvgIpc) is 3.00. The van der Waals surface area contributed by atoms with E-state index in [-0.39, 0.29) is 35.4 Å². The predicted octanol–water partition coefficient (Wildman–Crippen LogP) is 1.13. The van der Waals surface area contributed by atoms with E-state index in [1.54, 1.807) is 0 Å². The smallest absolute Gasteiger partial charge is 0.224 e. The van der Waals surface area contributed by atoms with Gasteiger partial charge < -0.3 is 10.6 Å². The summed E-state index contributed by atoms with van der Waals surface area (Å²) in [7, 11) is -2.98. The van der Waals surface area contributed by atoms with Gasteiger partial charge in [-0.15, -0.1) is 12.4 Å². The lowest BCUT2D eigenvalue weighted by atomic mass is 9.91. The first-order valence-electron chi connectivity index (χ1n) is 7.34. The zero-order valence-electron chi connectivity index (χ0n) is 13.1. The summed E-state index contributed by atoms with van der Waals surface area (Å²) in [5.74, 6) is 0.340. The summed E-state index contributed by atoms with van der Waals surface area (Å²) < 4.78 is 22.5. The molecule has 1 saturated heterocycles. The van der Waals surface area contributed by atoms with Gasteiger partial charge in [0.15, 0.2) is 0 Å². The third-order valence-electron chi connectivity index (χ3n) is 4.66. The van der Waals surface area contributed by atoms with Crippen molar-refractivity contribution in [2.24, 2.45) is 11.3 Å². The monoisotopic (exact) mass is 338 g/mol. The molecule has 1 aliphatic carbocycles. The van der Waals surface area contributed by atoms with Crippen molar-refractivity contribution in [3.8, 4) is 0 Å². The van der Waals surface area contributed by atoms with Crippen LogP contribution in [-0.4, -0.2) is 45.0 Å². The number of halogens is 1. The van der Waals surface area contributed by atoms with E-state index in [1.807, 2.05) is 13.8 Å². The summed E-state index contributed by atoms with van der Waals surface area (Å²) in [5.41, 5.74) is -0.237. The summed E-state index contributed by atoms with van der Waals surface area (Å²) in [6.07, 6.45) is 4.83. The Balaban J connectivity index is 0.00000220. The third-order valence-corrected chi connectivity index (χ3v) is 5.61. The number of sulfone groups is 1. The molecule has 2 rings (SSSR count). The van der Waals surface area contributed by atoms with Crippen molar-refractivity contribution in [3.05, 3.63) is 0 Å². The van der Waals surface area contributed by atoms with Crippen molar-refractivity contribution in [2.45, 2.75) is 45.1 Å². The fourth-order valence-corrected chi connectivity index (χ4v) is 4.00. The van der Waals surface area contributed by atoms with E-state index in [9.17, 15) is 13.2 Å². The summed E-state index contributed by atoms with van der Waals surface area (Å²) in [6, 6.07) is 0. The molecular formula is C14H27ClN2O3S. The lowest BCUT2D eigenvalue weighted by Crippen LogP contribution is -2.46. The van der Waals surface area contributed by atoms with Gasteiger partial charge in [0.1, 0.15) is 9.84 Å². The van der Waals surface area contributed by atoms with Crippen LogP contribution in [0.1, 0.15) is 39.5 Å². The molecule has 21 heavy (non-hydrogen) atoms. The maximum Gasteiger partial charge on any atom is 0.224 e. The summed E-state index contributed by atoms with van der Waals surface area (Å²) >= 11 is 0. The van der Waals surface area contributed by atoms with Gasteiger partial charge in [0.05, 0.1) is 5.75 Å². The van der Waals surface area contributed by atoms with E-state index < -0.39 is 15.4 Å². The van der Waals surface area contributed by atoms with Crippen LogP contribution < -0.4 is 10.6 Å². The number of rotatable bonds is 5. The van der Waals surface area contributed by atoms with E-state index in [2.05, 4.69) is 10.6 Å². The maximum absolute atomic E-state index is 12.3. The molecule has 7 heteroatoms. The first-order valence-corrected chi connectivity index (χ1v) is 9.40. The number of amides is 1. The minimum absolute atomic E-state index is 0. The quantitative estimate of drug-likeness (QED) is 0.788. The molecular weight excluding hydrogens is 312 g/mol. The molecule has 5 nitrogen and oxygen atoms in total. The van der Waals surface area contributed by atoms with Gasteiger partial charge in [-0.3, -0.25) is 4.79 Å². The van der Waals surface area contributed by atoms with Gasteiger partial charge in [-0.05, 0) is 58.0 Å². The van der Waals surface area contributed by atoms with Gasteiger partial charge in [0.2, 0.25) is 5.91 Å². The second kappa shape index (κ2) is 6.42. The zero-order valence-corrected chi connectivity index (χ0v) is 14.7. The molecule has 0 bridgehead atoms. The molecule has 2 fully saturated rings. The molecule has 2 N–H and O–H groups in total. The van der Waals surface area contributed by atoms with E-state index in [0.717, 1.165) is 32.4 Å². The second-order valence-electron chi connectivity index (χ2n) is 7.12. The molecule has 1 spiro atoms. The molecule has 124 valence electrons. The van der Waals surface area contributed by atoms with Crippen molar-refractivity contribution in [2.75, 3.05) is 25.1 Å². The molecule has 1 heterocycles. The summed E-state index contributed by atoms with van der Waals surface area (Å²) in [5, 5.41) is 6.37. The molecule has 1 amide bonds. The molecule has 2 aliphatic rings. The van der Waals surface area contributed by atoms with Gasteiger partial charge >= 0.3 is 0 Å². The number of hydrogen-bond acceptors (Lipinski definition) is 4. The average molecular weight is 339 g/mol. The predicted molar refractivity (Wildman–Crippen MR) is 86.4 cm³/mol. The lowest BCUT2D eigenvalue weighted by Gasteiger charge is -2.28. The highest BCUT2D eigenvalue weighted by Gasteiger charge is 2.58. The van der Waals surface area contributed by atoms with Crippen LogP contribution in [0, 0.1) is 11.3 Å². The highest BCUT2D eigenvalue weighted by molar-refractivity contribution is 7.90. The molecule has 1 aliphatic heterocycles. The molecule has 0 aromatic carbocycles. The van der Waals surface area contributed by atoms with Gasteiger partial charge in [0, 0.05) is 17.7 Å². The van der Waals surface area contributed by atoms with E-state index in [0.29, 0.717) is 6.42 Å². The normalized spacial score (nSPS) is 24.2. The molecule has 1 saturated carbocycles. The van der Waals surface area contributed by atoms with Crippen LogP contribution in [0.2, 0.25) is 0 Å². The first-order chi connectivity index (χ1) is 9.14. The Morgan fingerprint density at radius 2 is 1.90 bits per heavy atom. The maximum atomic E-state index is 12.3. The molecule has 1 atom stereocenters. The summed E-state index contributed by atoms with van der Waals surface area (Å²) in [4.78, 5) is 12.3. The largest absolute Gasteiger partial charge is 0.351 e. The van der Waals surface area contributed by atoms with Gasteiger partial charge in [-0.2, -0.15) is 0 Å². The SMILES string of the molecule is CC(C)(CCS(C)(=O)=O)NC(=O)C1CC12CCNCC2.Cl. The van der Waals surface area contributed by atoms with Crippen LogP contribution in [0.25, 0.3) is 0 Å². The van der Waals surface area contributed by atoms with Crippen LogP contribution >= 0.6 is 12.4 Å². The minimum Gasteiger partial charge on any atom is -0.351 e. The fraction of sp³-hybridized carbons (Fsp3) is 0.929. The Kier molecular flexibility index (Phi) is 5.73. The van der Waals surface area contributed by atoms with Crippen LogP contribution in [0.5, 0.6) is 0 Å². The molecule has 1 unspecified atom stereocenters. The van der Waals surface area contributed by atoms with Crippen LogP contribution in [0.4, 0.5) is 0 Å². The molecule has 0 aromatic heterocycles. The zero-order chi connectivity index (χ0) is 15.0. The number of carbonyl (C=O) groups excluding carboxylic acids is 1. The van der Waals surface area contributed by atoms with Gasteiger partial charge in [-0.1, -0.05) is 0 Å². The number of piperidine rings is 1. The Hall–Kier alpha value is -0.330. The number of hydrogen-bond donors (Lipinski definition) is 2. The Labute approximate surface area is 134 Å². The standard InChI is InChI=1S/C14H26N2O3S.ClH/c1-13(2,6-9-20(3,18)19)16-12(17)11-10-14(11)4-7-15-8-5-14;/h11,15H,4-10H2,1-3H3,(H,16,17);1H. The van der Waals surface area contributed by atoms with Crippen molar-refractivity contribution < 1.29 is 13.2 Å². The van der Waals surface area contributed by atoms with E-state index in [4.69, 9.17) is 0 Å². The van der Waals surface area contributed by atoms with Gasteiger partial charge in [0.25, 0.3) is 0 Å². The van der Waals surface area contributed by atoms with Crippen LogP contribution in [-0.2, 0) is 14.6 Å². The van der Waals surface area contributed by atoms with Crippen molar-refractivity contribution in [3.63, 3.8) is 0 Å². The summed E-state index contributed by atoms with van der Waals surface area (Å²) in [6.45, 7) is 5.80. The Morgan fingerprint density at radius 3 is 2.43 bits per heavy atom. The van der Waals surface area contributed by atoms with Crippen LogP contribution in [0.15, 0.2) is 0 Å². The van der Waals surface area contributed by atoms with E-state index in [1.165, 1.54) is 6.26 Å². The van der Waals surface area contributed by atoms with Crippen LogP contribution in [0.3, 0.4) is 0 Å². The lowest BCUT2D eigenvalue weighted by molar-refractivity contribution is -0.124. The fourth-order valence-electron chi connectivity index (χ4n) is 3.12. The second-order valence-corrected chi connectivity index (χ2v) is 9.38. The van der Waals surface area contributed by atoms with Crippen molar-refractivity contribution in [1.29, 1.82) is 0 Å². The molecule has 0 radical (unpaired) electrons. The van der Waals surface area contributed by atoms with Crippen molar-refractivity contribution >= 4 is 28.2 Å². The topological polar surface area (TPSA) is 75.3 Å². The highest BCUT2D eigenvalue weighted by Crippen LogP contribution is 2.58. The minimum atomic E-state index is -2.98. The third kappa shape index (κ3) is 5.11. The number of carbonyl (C=O) groups is 1. The Morgan fingerprint density at radius 1 is 1.33 bits per heavy atom. The van der Waals surface area contributed by atoms with Gasteiger partial charge in [-0.25, -0.2) is 8.42 Å². The highest BCUT2D eigenvalue weighted by atomic mass is 35.5. The molecule has 0 aromatic rings.